The summed E-state index contributed by atoms with van der Waals surface area (Å²) in [6.07, 6.45) is 3.84. The molecule has 0 bridgehead atoms. The van der Waals surface area contributed by atoms with Crippen LogP contribution in [0.3, 0.4) is 0 Å². The molecule has 4 aromatic rings. The van der Waals surface area contributed by atoms with E-state index >= 15 is 0 Å². The molecular weight excluding hydrogens is 440 g/mol. The Kier molecular flexibility index (Phi) is 5.77. The number of aryl methyl sites for hydroxylation is 1. The highest BCUT2D eigenvalue weighted by atomic mass is 32.2. The number of thiophene rings is 1. The molecule has 9 heteroatoms. The van der Waals surface area contributed by atoms with Gasteiger partial charge in [0, 0.05) is 11.3 Å². The summed E-state index contributed by atoms with van der Waals surface area (Å²) in [5.41, 5.74) is 2.41. The average molecular weight is 467 g/mol. The number of aromatic amines is 1. The molecule has 0 saturated heterocycles. The van der Waals surface area contributed by atoms with Crippen LogP contribution >= 0.6 is 23.1 Å². The predicted octanol–water partition coefficient (Wildman–Crippen LogP) is 4.05. The van der Waals surface area contributed by atoms with Crippen molar-refractivity contribution >= 4 is 33.3 Å². The smallest absolute Gasteiger partial charge is 0.259 e. The maximum Gasteiger partial charge on any atom is 0.259 e. The summed E-state index contributed by atoms with van der Waals surface area (Å²) in [5, 5.41) is 9.94. The van der Waals surface area contributed by atoms with Crippen molar-refractivity contribution in [1.29, 1.82) is 0 Å². The lowest BCUT2D eigenvalue weighted by Crippen LogP contribution is -2.16. The monoisotopic (exact) mass is 466 g/mol. The Morgan fingerprint density at radius 3 is 2.94 bits per heavy atom. The zero-order valence-electron chi connectivity index (χ0n) is 18.2. The summed E-state index contributed by atoms with van der Waals surface area (Å²) in [5.74, 6) is 9.08. The first-order valence-corrected chi connectivity index (χ1v) is 12.7. The van der Waals surface area contributed by atoms with Crippen LogP contribution < -0.4 is 11.4 Å². The lowest BCUT2D eigenvalue weighted by molar-refractivity contribution is 0.509. The molecule has 5 rings (SSSR count). The number of nitrogens with two attached hydrogens (primary N) is 1. The van der Waals surface area contributed by atoms with Gasteiger partial charge in [-0.2, -0.15) is 0 Å². The molecule has 1 aliphatic carbocycles. The van der Waals surface area contributed by atoms with Gasteiger partial charge in [-0.3, -0.25) is 4.79 Å². The quantitative estimate of drug-likeness (QED) is 0.328. The fourth-order valence-electron chi connectivity index (χ4n) is 4.31. The molecule has 1 aliphatic rings. The topological polar surface area (TPSA) is 102 Å². The maximum atomic E-state index is 12.8. The van der Waals surface area contributed by atoms with Gasteiger partial charge in [0.25, 0.3) is 5.56 Å². The summed E-state index contributed by atoms with van der Waals surface area (Å²) in [6, 6.07) is 10.3. The second kappa shape index (κ2) is 8.71. The first-order valence-electron chi connectivity index (χ1n) is 10.9. The van der Waals surface area contributed by atoms with Gasteiger partial charge in [-0.05, 0) is 42.2 Å². The van der Waals surface area contributed by atoms with Gasteiger partial charge in [-0.15, -0.1) is 21.5 Å². The lowest BCUT2D eigenvalue weighted by atomic mass is 9.89. The van der Waals surface area contributed by atoms with Gasteiger partial charge in [-0.1, -0.05) is 55.9 Å². The van der Waals surface area contributed by atoms with Gasteiger partial charge in [0.2, 0.25) is 5.16 Å². The molecule has 0 spiro atoms. The van der Waals surface area contributed by atoms with E-state index in [1.54, 1.807) is 16.0 Å². The van der Waals surface area contributed by atoms with Crippen LogP contribution in [0.25, 0.3) is 10.2 Å². The summed E-state index contributed by atoms with van der Waals surface area (Å²) in [7, 11) is 0. The molecule has 0 amide bonds. The summed E-state index contributed by atoms with van der Waals surface area (Å²) >= 11 is 3.10. The Morgan fingerprint density at radius 1 is 1.31 bits per heavy atom. The van der Waals surface area contributed by atoms with Crippen molar-refractivity contribution in [3.05, 3.63) is 68.3 Å². The molecule has 32 heavy (non-hydrogen) atoms. The maximum absolute atomic E-state index is 12.8. The summed E-state index contributed by atoms with van der Waals surface area (Å²) < 4.78 is 1.55. The Hall–Kier alpha value is -2.65. The molecule has 1 aromatic carbocycles. The van der Waals surface area contributed by atoms with E-state index in [9.17, 15) is 4.79 Å². The van der Waals surface area contributed by atoms with Crippen molar-refractivity contribution in [2.45, 2.75) is 56.4 Å². The number of nitrogens with one attached hydrogen (secondary N) is 1. The predicted molar refractivity (Wildman–Crippen MR) is 130 cm³/mol. The number of benzene rings is 1. The molecule has 0 fully saturated rings. The third-order valence-corrected chi connectivity index (χ3v) is 8.25. The minimum absolute atomic E-state index is 0.0377. The third-order valence-electron chi connectivity index (χ3n) is 6.14. The van der Waals surface area contributed by atoms with Gasteiger partial charge in [0.05, 0.1) is 11.1 Å². The lowest BCUT2D eigenvalue weighted by Gasteiger charge is -2.17. The highest BCUT2D eigenvalue weighted by Gasteiger charge is 2.23. The second-order valence-corrected chi connectivity index (χ2v) is 10.6. The van der Waals surface area contributed by atoms with E-state index in [1.807, 2.05) is 18.2 Å². The van der Waals surface area contributed by atoms with E-state index in [-0.39, 0.29) is 11.5 Å². The van der Waals surface area contributed by atoms with Crippen molar-refractivity contribution in [1.82, 2.24) is 24.8 Å². The minimum Gasteiger partial charge on any atom is -0.336 e. The molecule has 0 aliphatic heterocycles. The van der Waals surface area contributed by atoms with Crippen molar-refractivity contribution in [3.63, 3.8) is 0 Å². The van der Waals surface area contributed by atoms with Crippen LogP contribution in [0, 0.1) is 5.92 Å². The minimum atomic E-state index is -0.0377. The van der Waals surface area contributed by atoms with Gasteiger partial charge in [0.15, 0.2) is 5.82 Å². The number of thioether (sulfide) groups is 1. The van der Waals surface area contributed by atoms with E-state index < -0.39 is 0 Å². The van der Waals surface area contributed by atoms with E-state index in [4.69, 9.17) is 10.8 Å². The van der Waals surface area contributed by atoms with Crippen LogP contribution in [0.2, 0.25) is 0 Å². The van der Waals surface area contributed by atoms with Crippen molar-refractivity contribution in [3.8, 4) is 0 Å². The Labute approximate surface area is 194 Å². The van der Waals surface area contributed by atoms with Crippen LogP contribution in [0.4, 0.5) is 0 Å². The number of nitrogens with zero attached hydrogens (tertiary/aromatic N) is 4. The van der Waals surface area contributed by atoms with E-state index in [0.717, 1.165) is 35.3 Å². The van der Waals surface area contributed by atoms with E-state index in [0.29, 0.717) is 29.1 Å². The van der Waals surface area contributed by atoms with Gasteiger partial charge in [0.1, 0.15) is 10.7 Å². The normalized spacial score (nSPS) is 16.9. The van der Waals surface area contributed by atoms with E-state index in [2.05, 4.69) is 41.2 Å². The highest BCUT2D eigenvalue weighted by Crippen LogP contribution is 2.35. The first kappa shape index (κ1) is 21.2. The number of H-pyrrole nitrogens is 1. The second-order valence-electron chi connectivity index (χ2n) is 8.62. The molecule has 7 nitrogen and oxygen atoms in total. The average Bonchev–Trinajstić information content (AvgIpc) is 3.32. The first-order chi connectivity index (χ1) is 15.5. The number of hydrogen-bond donors (Lipinski definition) is 2. The van der Waals surface area contributed by atoms with Crippen LogP contribution in [0.15, 0.2) is 40.3 Å². The molecule has 3 aromatic heterocycles. The largest absolute Gasteiger partial charge is 0.336 e. The Bertz CT molecular complexity index is 1310. The number of fused-ring (bicyclic) bond motifs is 3. The fourth-order valence-corrected chi connectivity index (χ4v) is 6.46. The standard InChI is InChI=1S/C23H26N6OS2/c1-13-8-9-16-17(10-13)32-22-20(16)21(30)25-18(26-22)12-31-23-28-27-19(29(23)24)11-14(2)15-6-4-3-5-7-15/h3-7,13-14H,8-12,24H2,1-2H3,(H,25,26,30)/t13-,14-/m0/s1. The fraction of sp³-hybridized carbons (Fsp3) is 0.391. The summed E-state index contributed by atoms with van der Waals surface area (Å²) in [6.45, 7) is 4.42. The van der Waals surface area contributed by atoms with Gasteiger partial charge in [-0.25, -0.2) is 9.66 Å². The zero-order chi connectivity index (χ0) is 22.2. The molecule has 0 saturated carbocycles. The van der Waals surface area contributed by atoms with Gasteiger partial charge < -0.3 is 10.8 Å². The molecule has 3 N–H and O–H groups in total. The molecule has 166 valence electrons. The Morgan fingerprint density at radius 2 is 2.12 bits per heavy atom. The SMILES string of the molecule is C[C@H]1CCc2c(sc3nc(CSc4nnc(C[C@H](C)c5ccccc5)n4N)[nH]c(=O)c23)C1. The van der Waals surface area contributed by atoms with Crippen molar-refractivity contribution in [2.24, 2.45) is 5.92 Å². The number of nitrogen functional groups attached to an aromatic ring is 1. The van der Waals surface area contributed by atoms with Crippen molar-refractivity contribution < 1.29 is 0 Å². The van der Waals surface area contributed by atoms with Crippen LogP contribution in [0.5, 0.6) is 0 Å². The molecule has 0 unspecified atom stereocenters. The number of rotatable bonds is 6. The van der Waals surface area contributed by atoms with Crippen molar-refractivity contribution in [2.75, 3.05) is 5.84 Å². The number of aromatic nitrogens is 5. The molecule has 0 radical (unpaired) electrons. The molecule has 2 atom stereocenters. The highest BCUT2D eigenvalue weighted by molar-refractivity contribution is 7.98. The van der Waals surface area contributed by atoms with Crippen LogP contribution in [-0.2, 0) is 25.0 Å². The van der Waals surface area contributed by atoms with E-state index in [1.165, 1.54) is 27.8 Å². The molecule has 3 heterocycles. The zero-order valence-corrected chi connectivity index (χ0v) is 19.8. The third kappa shape index (κ3) is 4.06. The number of hydrogen-bond acceptors (Lipinski definition) is 7. The summed E-state index contributed by atoms with van der Waals surface area (Å²) in [4.78, 5) is 22.7. The molecular formula is C23H26N6OS2. The van der Waals surface area contributed by atoms with Crippen LogP contribution in [-0.4, -0.2) is 24.8 Å². The Balaban J connectivity index is 1.31. The van der Waals surface area contributed by atoms with Gasteiger partial charge >= 0.3 is 0 Å². The van der Waals surface area contributed by atoms with Crippen LogP contribution in [0.1, 0.15) is 53.8 Å².